The molecule has 2 heteroatoms. The predicted octanol–water partition coefficient (Wildman–Crippen LogP) is 1.58. The van der Waals surface area contributed by atoms with Gasteiger partial charge in [-0.15, -0.1) is 0 Å². The van der Waals surface area contributed by atoms with E-state index in [1.54, 1.807) is 6.08 Å². The van der Waals surface area contributed by atoms with Gasteiger partial charge < -0.3 is 5.11 Å². The van der Waals surface area contributed by atoms with Gasteiger partial charge in [-0.25, -0.2) is 0 Å². The smallest absolute Gasteiger partial charge is 0.0612 e. The Bertz CT molecular complexity index is 81.4. The fourth-order valence-corrected chi connectivity index (χ4v) is 0.406. The van der Waals surface area contributed by atoms with Crippen LogP contribution in [0, 0.1) is 49.5 Å². The molecule has 0 rings (SSSR count). The predicted molar refractivity (Wildman–Crippen MR) is 35.7 cm³/mol. The van der Waals surface area contributed by atoms with Crippen molar-refractivity contribution < 1.29 is 49.2 Å². The normalized spacial score (nSPS) is 11.6. The van der Waals surface area contributed by atoms with Crippen molar-refractivity contribution in [3.63, 3.8) is 0 Å². The van der Waals surface area contributed by atoms with E-state index in [0.717, 1.165) is 0 Å². The van der Waals surface area contributed by atoms with Gasteiger partial charge in [0.2, 0.25) is 0 Å². The summed E-state index contributed by atoms with van der Waals surface area (Å²) in [5, 5.41) is 8.34. The van der Waals surface area contributed by atoms with Crippen molar-refractivity contribution in [1.82, 2.24) is 0 Å². The Morgan fingerprint density at radius 3 is 1.89 bits per heavy atom. The van der Waals surface area contributed by atoms with Crippen LogP contribution in [0.4, 0.5) is 0 Å². The molecule has 0 aromatic rings. The Balaban J connectivity index is 0. The molecule has 1 nitrogen and oxygen atoms in total. The summed E-state index contributed by atoms with van der Waals surface area (Å²) in [6, 6.07) is 0. The summed E-state index contributed by atoms with van der Waals surface area (Å²) in [6.45, 7) is 6.44. The van der Waals surface area contributed by atoms with Crippen LogP contribution in [0.1, 0.15) is 20.8 Å². The number of allylic oxidation sites excluding steroid dienone is 1. The first-order chi connectivity index (χ1) is 3.56. The van der Waals surface area contributed by atoms with E-state index in [1.165, 1.54) is 0 Å². The Morgan fingerprint density at radius 2 is 1.78 bits per heavy atom. The molecule has 0 aromatic carbocycles. The molecule has 0 aromatic heterocycles. The molecular formula is C7H14AcO. The molecule has 0 aliphatic heterocycles. The van der Waals surface area contributed by atoms with Crippen LogP contribution in [0.2, 0.25) is 0 Å². The zero-order chi connectivity index (χ0) is 6.62. The van der Waals surface area contributed by atoms with Crippen molar-refractivity contribution in [3.8, 4) is 0 Å². The number of rotatable bonds is 1. The summed E-state index contributed by atoms with van der Waals surface area (Å²) >= 11 is 0. The number of aliphatic hydroxyl groups excluding tert-OH is 1. The first kappa shape index (κ1) is 12.8. The van der Waals surface area contributed by atoms with Crippen LogP contribution in [0.5, 0.6) is 0 Å². The van der Waals surface area contributed by atoms with Gasteiger partial charge in [0.15, 0.2) is 0 Å². The van der Waals surface area contributed by atoms with Crippen molar-refractivity contribution in [1.29, 1.82) is 0 Å². The maximum Gasteiger partial charge on any atom is 0.0612 e. The summed E-state index contributed by atoms with van der Waals surface area (Å²) in [6.07, 6.45) is 3.76. The second-order valence-corrected chi connectivity index (χ2v) is 2.95. The molecule has 0 unspecified atom stereocenters. The Labute approximate surface area is 93.1 Å². The largest absolute Gasteiger partial charge is 0.392 e. The standard InChI is InChI=1S/C7H14O.Ac/c1-7(2,3)5-4-6-8;/h4-5,8H,6H2,1-3H3;/b5-4+;. The summed E-state index contributed by atoms with van der Waals surface area (Å²) in [4.78, 5) is 0. The maximum atomic E-state index is 8.34. The molecule has 0 aliphatic rings. The molecule has 0 aliphatic carbocycles. The van der Waals surface area contributed by atoms with Gasteiger partial charge in [-0.2, -0.15) is 0 Å². The quantitative estimate of drug-likeness (QED) is 0.718. The van der Waals surface area contributed by atoms with Gasteiger partial charge in [0.1, 0.15) is 0 Å². The first-order valence-electron chi connectivity index (χ1n) is 2.85. The average molecular weight is 341 g/mol. The minimum absolute atomic E-state index is 0. The minimum atomic E-state index is 0. The fourth-order valence-electron chi connectivity index (χ4n) is 0.406. The molecule has 1 N–H and O–H groups in total. The maximum absolute atomic E-state index is 8.34. The molecule has 0 saturated carbocycles. The average Bonchev–Trinajstić information content (AvgIpc) is 1.59. The summed E-state index contributed by atoms with van der Waals surface area (Å²) in [7, 11) is 0. The molecule has 0 bridgehead atoms. The molecule has 0 amide bonds. The van der Waals surface area contributed by atoms with Gasteiger partial charge in [-0.1, -0.05) is 32.9 Å². The molecule has 0 saturated heterocycles. The Morgan fingerprint density at radius 1 is 1.33 bits per heavy atom. The van der Waals surface area contributed by atoms with Crippen molar-refractivity contribution in [2.45, 2.75) is 20.8 Å². The fraction of sp³-hybridized carbons (Fsp3) is 0.714. The minimum Gasteiger partial charge on any atom is -0.392 e. The molecule has 51 valence electrons. The molecule has 0 fully saturated rings. The Kier molecular flexibility index (Phi) is 8.37. The van der Waals surface area contributed by atoms with Gasteiger partial charge >= 0.3 is 0 Å². The summed E-state index contributed by atoms with van der Waals surface area (Å²) in [5.41, 5.74) is 0.211. The van der Waals surface area contributed by atoms with Gasteiger partial charge in [0.05, 0.1) is 6.61 Å². The molecule has 0 spiro atoms. The molecule has 0 heterocycles. The van der Waals surface area contributed by atoms with Crippen LogP contribution in [-0.4, -0.2) is 11.7 Å². The number of hydrogen-bond donors (Lipinski definition) is 1. The number of hydrogen-bond acceptors (Lipinski definition) is 1. The van der Waals surface area contributed by atoms with E-state index in [1.807, 2.05) is 6.08 Å². The van der Waals surface area contributed by atoms with Gasteiger partial charge in [-0.3, -0.25) is 0 Å². The van der Waals surface area contributed by atoms with Gasteiger partial charge in [0, 0.05) is 44.1 Å². The second kappa shape index (κ2) is 5.89. The van der Waals surface area contributed by atoms with E-state index < -0.39 is 0 Å². The van der Waals surface area contributed by atoms with Crippen molar-refractivity contribution in [3.05, 3.63) is 12.2 Å². The van der Waals surface area contributed by atoms with E-state index >= 15 is 0 Å². The molecular weight excluding hydrogens is 327 g/mol. The first-order valence-corrected chi connectivity index (χ1v) is 2.85. The zero-order valence-electron chi connectivity index (χ0n) is 6.39. The van der Waals surface area contributed by atoms with Crippen LogP contribution in [-0.2, 0) is 0 Å². The molecule has 9 heavy (non-hydrogen) atoms. The summed E-state index contributed by atoms with van der Waals surface area (Å²) in [5.74, 6) is 0. The molecule has 1 radical (unpaired) electrons. The third-order valence-electron chi connectivity index (χ3n) is 0.723. The summed E-state index contributed by atoms with van der Waals surface area (Å²) < 4.78 is 0. The third kappa shape index (κ3) is 12.4. The van der Waals surface area contributed by atoms with Crippen LogP contribution >= 0.6 is 0 Å². The van der Waals surface area contributed by atoms with Crippen LogP contribution in [0.25, 0.3) is 0 Å². The van der Waals surface area contributed by atoms with E-state index in [4.69, 9.17) is 5.11 Å². The Hall–Kier alpha value is 1.14. The number of aliphatic hydroxyl groups is 1. The van der Waals surface area contributed by atoms with Crippen molar-refractivity contribution >= 4 is 0 Å². The van der Waals surface area contributed by atoms with E-state index in [2.05, 4.69) is 20.8 Å². The van der Waals surface area contributed by atoms with E-state index in [-0.39, 0.29) is 56.1 Å². The molecule has 0 atom stereocenters. The monoisotopic (exact) mass is 341 g/mol. The SMILES string of the molecule is CC(C)(C)/C=C/CO.[Ac]. The van der Waals surface area contributed by atoms with Crippen LogP contribution in [0.15, 0.2) is 12.2 Å². The van der Waals surface area contributed by atoms with Crippen molar-refractivity contribution in [2.24, 2.45) is 5.41 Å². The van der Waals surface area contributed by atoms with E-state index in [9.17, 15) is 0 Å². The third-order valence-corrected chi connectivity index (χ3v) is 0.723. The zero-order valence-corrected chi connectivity index (χ0v) is 11.1. The van der Waals surface area contributed by atoms with Crippen molar-refractivity contribution in [2.75, 3.05) is 6.61 Å². The van der Waals surface area contributed by atoms with Gasteiger partial charge in [0.25, 0.3) is 0 Å². The second-order valence-electron chi connectivity index (χ2n) is 2.95. The van der Waals surface area contributed by atoms with Crippen LogP contribution in [0.3, 0.4) is 0 Å². The topological polar surface area (TPSA) is 20.2 Å². The van der Waals surface area contributed by atoms with Crippen LogP contribution < -0.4 is 0 Å². The van der Waals surface area contributed by atoms with E-state index in [0.29, 0.717) is 0 Å². The van der Waals surface area contributed by atoms with Gasteiger partial charge in [-0.05, 0) is 5.41 Å².